The molecule has 1 N–H and O–H groups in total. The van der Waals surface area contributed by atoms with Gasteiger partial charge in [0.25, 0.3) is 5.91 Å². The maximum atomic E-state index is 12.5. The largest absolute Gasteiger partial charge is 0.494 e. The highest BCUT2D eigenvalue weighted by atomic mass is 35.5. The third-order valence-electron chi connectivity index (χ3n) is 4.67. The molecule has 2 heterocycles. The fraction of sp³-hybridized carbons (Fsp3) is 0.167. The van der Waals surface area contributed by atoms with Gasteiger partial charge in [-0.3, -0.25) is 9.48 Å². The fourth-order valence-electron chi connectivity index (χ4n) is 3.07. The fourth-order valence-corrected chi connectivity index (χ4v) is 3.59. The molecular weight excluding hydrogens is 465 g/mol. The van der Waals surface area contributed by atoms with E-state index in [9.17, 15) is 4.79 Å². The molecule has 4 rings (SSSR count). The number of halogens is 2. The number of nitrogens with zero attached hydrogens (tertiary/aromatic N) is 2. The molecule has 170 valence electrons. The molecule has 0 aliphatic rings. The summed E-state index contributed by atoms with van der Waals surface area (Å²) in [4.78, 5) is 12.5. The molecule has 0 saturated carbocycles. The summed E-state index contributed by atoms with van der Waals surface area (Å²) in [6.07, 6.45) is 1.73. The summed E-state index contributed by atoms with van der Waals surface area (Å²) in [5.74, 6) is 2.09. The van der Waals surface area contributed by atoms with Crippen LogP contribution in [-0.4, -0.2) is 22.3 Å². The van der Waals surface area contributed by atoms with Gasteiger partial charge in [0.1, 0.15) is 23.9 Å². The highest BCUT2D eigenvalue weighted by Crippen LogP contribution is 2.25. The van der Waals surface area contributed by atoms with Crippen LogP contribution in [0.1, 0.15) is 28.8 Å². The summed E-state index contributed by atoms with van der Waals surface area (Å²) in [6.45, 7) is 3.10. The van der Waals surface area contributed by atoms with E-state index in [1.165, 1.54) is 0 Å². The summed E-state index contributed by atoms with van der Waals surface area (Å²) in [7, 11) is 0. The van der Waals surface area contributed by atoms with Gasteiger partial charge in [-0.25, -0.2) is 0 Å². The zero-order valence-corrected chi connectivity index (χ0v) is 19.3. The molecule has 0 bridgehead atoms. The van der Waals surface area contributed by atoms with Crippen molar-refractivity contribution in [2.24, 2.45) is 0 Å². The minimum absolute atomic E-state index is 0.156. The van der Waals surface area contributed by atoms with Gasteiger partial charge >= 0.3 is 0 Å². The van der Waals surface area contributed by atoms with E-state index in [1.54, 1.807) is 47.3 Å². The van der Waals surface area contributed by atoms with Crippen molar-refractivity contribution in [1.29, 1.82) is 0 Å². The average molecular weight is 486 g/mol. The van der Waals surface area contributed by atoms with Crippen molar-refractivity contribution in [3.63, 3.8) is 0 Å². The van der Waals surface area contributed by atoms with Crippen molar-refractivity contribution in [2.45, 2.75) is 20.1 Å². The van der Waals surface area contributed by atoms with Gasteiger partial charge < -0.3 is 19.2 Å². The Hall–Kier alpha value is -3.42. The van der Waals surface area contributed by atoms with Crippen LogP contribution in [0.3, 0.4) is 0 Å². The summed E-state index contributed by atoms with van der Waals surface area (Å²) in [5.41, 5.74) is 0.755. The molecule has 2 aromatic heterocycles. The van der Waals surface area contributed by atoms with Crippen LogP contribution in [0.15, 0.2) is 71.3 Å². The van der Waals surface area contributed by atoms with Crippen LogP contribution < -0.4 is 14.8 Å². The van der Waals surface area contributed by atoms with Gasteiger partial charge in [-0.15, -0.1) is 0 Å². The van der Waals surface area contributed by atoms with Crippen molar-refractivity contribution in [3.05, 3.63) is 94.0 Å². The first-order valence-corrected chi connectivity index (χ1v) is 11.0. The molecule has 0 atom stereocenters. The van der Waals surface area contributed by atoms with E-state index in [0.29, 0.717) is 40.5 Å². The number of carbonyl (C=O) groups is 1. The number of rotatable bonds is 9. The predicted octanol–water partition coefficient (Wildman–Crippen LogP) is 6.06. The second-order valence-corrected chi connectivity index (χ2v) is 7.83. The Balaban J connectivity index is 1.32. The molecular formula is C24H21Cl2N3O4. The van der Waals surface area contributed by atoms with E-state index in [1.807, 2.05) is 31.2 Å². The molecule has 0 fully saturated rings. The van der Waals surface area contributed by atoms with Crippen LogP contribution >= 0.6 is 23.2 Å². The number of aromatic nitrogens is 2. The Morgan fingerprint density at radius 2 is 1.70 bits per heavy atom. The van der Waals surface area contributed by atoms with Crippen molar-refractivity contribution >= 4 is 34.9 Å². The number of furan rings is 1. The third kappa shape index (κ3) is 5.88. The summed E-state index contributed by atoms with van der Waals surface area (Å²) < 4.78 is 18.3. The zero-order valence-electron chi connectivity index (χ0n) is 17.8. The number of carbonyl (C=O) groups excluding carboxylic acids is 1. The second-order valence-electron chi connectivity index (χ2n) is 7.01. The lowest BCUT2D eigenvalue weighted by molar-refractivity contribution is 0.0992. The number of benzene rings is 2. The van der Waals surface area contributed by atoms with Crippen LogP contribution in [-0.2, 0) is 13.2 Å². The number of amides is 1. The van der Waals surface area contributed by atoms with E-state index in [0.717, 1.165) is 11.3 Å². The molecule has 33 heavy (non-hydrogen) atoms. The molecule has 9 heteroatoms. The highest BCUT2D eigenvalue weighted by Gasteiger charge is 2.14. The van der Waals surface area contributed by atoms with Gasteiger partial charge in [0.2, 0.25) is 0 Å². The summed E-state index contributed by atoms with van der Waals surface area (Å²) in [5, 5.41) is 8.17. The SMILES string of the molecule is CCOc1ccc(OCc2ccc(C(=O)Nc3ccn(Cc4c(Cl)cccc4Cl)n3)o2)cc1. The second kappa shape index (κ2) is 10.5. The van der Waals surface area contributed by atoms with Crippen molar-refractivity contribution in [1.82, 2.24) is 9.78 Å². The maximum Gasteiger partial charge on any atom is 0.292 e. The highest BCUT2D eigenvalue weighted by molar-refractivity contribution is 6.35. The van der Waals surface area contributed by atoms with Crippen LogP contribution in [0, 0.1) is 0 Å². The summed E-state index contributed by atoms with van der Waals surface area (Å²) >= 11 is 12.4. The number of hydrogen-bond donors (Lipinski definition) is 1. The van der Waals surface area contributed by atoms with Crippen LogP contribution in [0.4, 0.5) is 5.82 Å². The standard InChI is InChI=1S/C24H21Cl2N3O4/c1-2-31-16-6-8-17(9-7-16)32-15-18-10-11-22(33-18)24(30)27-23-12-13-29(28-23)14-19-20(25)4-3-5-21(19)26/h3-13H,2,14-15H2,1H3,(H,27,28,30). The van der Waals surface area contributed by atoms with Gasteiger partial charge in [0.15, 0.2) is 11.6 Å². The van der Waals surface area contributed by atoms with Crippen molar-refractivity contribution < 1.29 is 18.7 Å². The Kier molecular flexibility index (Phi) is 7.22. The molecule has 2 aromatic carbocycles. The lowest BCUT2D eigenvalue weighted by Gasteiger charge is -2.07. The molecule has 1 amide bonds. The zero-order chi connectivity index (χ0) is 23.2. The minimum Gasteiger partial charge on any atom is -0.494 e. The number of anilines is 1. The Morgan fingerprint density at radius 1 is 1.00 bits per heavy atom. The van der Waals surface area contributed by atoms with Gasteiger partial charge in [-0.05, 0) is 55.5 Å². The first kappa shape index (κ1) is 22.8. The van der Waals surface area contributed by atoms with E-state index >= 15 is 0 Å². The van der Waals surface area contributed by atoms with Gasteiger partial charge in [-0.2, -0.15) is 5.10 Å². The average Bonchev–Trinajstić information content (AvgIpc) is 3.46. The molecule has 7 nitrogen and oxygen atoms in total. The van der Waals surface area contributed by atoms with E-state index in [-0.39, 0.29) is 12.4 Å². The predicted molar refractivity (Wildman–Crippen MR) is 126 cm³/mol. The molecule has 0 spiro atoms. The maximum absolute atomic E-state index is 12.5. The molecule has 4 aromatic rings. The van der Waals surface area contributed by atoms with Gasteiger partial charge in [0.05, 0.1) is 13.2 Å². The monoisotopic (exact) mass is 485 g/mol. The lowest BCUT2D eigenvalue weighted by atomic mass is 10.2. The van der Waals surface area contributed by atoms with Crippen molar-refractivity contribution in [2.75, 3.05) is 11.9 Å². The minimum atomic E-state index is -0.414. The van der Waals surface area contributed by atoms with Gasteiger partial charge in [-0.1, -0.05) is 29.3 Å². The summed E-state index contributed by atoms with van der Waals surface area (Å²) in [6, 6.07) is 17.6. The molecule has 0 unspecified atom stereocenters. The first-order chi connectivity index (χ1) is 16.0. The molecule has 0 aliphatic heterocycles. The lowest BCUT2D eigenvalue weighted by Crippen LogP contribution is -2.12. The van der Waals surface area contributed by atoms with E-state index < -0.39 is 5.91 Å². The van der Waals surface area contributed by atoms with Crippen molar-refractivity contribution in [3.8, 4) is 11.5 Å². The first-order valence-electron chi connectivity index (χ1n) is 10.2. The van der Waals surface area contributed by atoms with Gasteiger partial charge in [0, 0.05) is 27.9 Å². The smallest absolute Gasteiger partial charge is 0.292 e. The molecule has 0 radical (unpaired) electrons. The molecule has 0 saturated heterocycles. The van der Waals surface area contributed by atoms with Crippen LogP contribution in [0.5, 0.6) is 11.5 Å². The quantitative estimate of drug-likeness (QED) is 0.311. The van der Waals surface area contributed by atoms with E-state index in [4.69, 9.17) is 37.1 Å². The van der Waals surface area contributed by atoms with Crippen LogP contribution in [0.2, 0.25) is 10.0 Å². The topological polar surface area (TPSA) is 78.5 Å². The Labute approximate surface area is 200 Å². The number of ether oxygens (including phenoxy) is 2. The Bertz CT molecular complexity index is 1210. The number of nitrogens with one attached hydrogen (secondary N) is 1. The molecule has 0 aliphatic carbocycles. The number of hydrogen-bond acceptors (Lipinski definition) is 5. The normalized spacial score (nSPS) is 10.8. The van der Waals surface area contributed by atoms with E-state index in [2.05, 4.69) is 10.4 Å². The third-order valence-corrected chi connectivity index (χ3v) is 5.37. The Morgan fingerprint density at radius 3 is 2.39 bits per heavy atom. The van der Waals surface area contributed by atoms with Crippen LogP contribution in [0.25, 0.3) is 0 Å².